The number of hydrogen-bond donors (Lipinski definition) is 1. The lowest BCUT2D eigenvalue weighted by Crippen LogP contribution is -2.13. The van der Waals surface area contributed by atoms with Crippen LogP contribution >= 0.6 is 38.5 Å². The Kier molecular flexibility index (Phi) is 3.81. The Morgan fingerprint density at radius 2 is 1.93 bits per heavy atom. The highest BCUT2D eigenvalue weighted by atomic mass is 127. The van der Waals surface area contributed by atoms with Crippen LogP contribution in [0.15, 0.2) is 16.6 Å². The highest BCUT2D eigenvalue weighted by Gasteiger charge is 2.34. The van der Waals surface area contributed by atoms with Crippen molar-refractivity contribution in [3.63, 3.8) is 0 Å². The standard InChI is InChI=1S/C8H6BrF3IN/c9-7-2-4(13)1-6(5(7)3-14)8(10,11)12/h1-2H,3,14H2. The molecule has 6 heteroatoms. The SMILES string of the molecule is NCc1c(Br)cc(I)cc1C(F)(F)F. The molecule has 0 fully saturated rings. The largest absolute Gasteiger partial charge is 0.416 e. The van der Waals surface area contributed by atoms with E-state index in [1.54, 1.807) is 6.07 Å². The molecule has 0 aliphatic heterocycles. The van der Waals surface area contributed by atoms with Gasteiger partial charge in [0.2, 0.25) is 0 Å². The van der Waals surface area contributed by atoms with E-state index in [0.717, 1.165) is 6.07 Å². The van der Waals surface area contributed by atoms with Gasteiger partial charge >= 0.3 is 6.18 Å². The van der Waals surface area contributed by atoms with Crippen LogP contribution in [-0.2, 0) is 12.7 Å². The van der Waals surface area contributed by atoms with Crippen molar-refractivity contribution in [3.8, 4) is 0 Å². The second-order valence-electron chi connectivity index (χ2n) is 2.62. The summed E-state index contributed by atoms with van der Waals surface area (Å²) in [5.41, 5.74) is 4.69. The molecule has 0 heterocycles. The van der Waals surface area contributed by atoms with Crippen molar-refractivity contribution in [3.05, 3.63) is 31.3 Å². The minimum absolute atomic E-state index is 0.0953. The molecule has 14 heavy (non-hydrogen) atoms. The van der Waals surface area contributed by atoms with Crippen molar-refractivity contribution in [1.29, 1.82) is 0 Å². The number of hydrogen-bond acceptors (Lipinski definition) is 1. The van der Waals surface area contributed by atoms with Gasteiger partial charge in [-0.05, 0) is 40.3 Å². The molecule has 0 bridgehead atoms. The lowest BCUT2D eigenvalue weighted by molar-refractivity contribution is -0.138. The average molecular weight is 380 g/mol. The smallest absolute Gasteiger partial charge is 0.326 e. The zero-order chi connectivity index (χ0) is 10.9. The van der Waals surface area contributed by atoms with Gasteiger partial charge in [0.25, 0.3) is 0 Å². The van der Waals surface area contributed by atoms with Crippen molar-refractivity contribution in [2.75, 3.05) is 0 Å². The molecular formula is C8H6BrF3IN. The first kappa shape index (κ1) is 12.3. The number of alkyl halides is 3. The highest BCUT2D eigenvalue weighted by molar-refractivity contribution is 14.1. The van der Waals surface area contributed by atoms with Crippen LogP contribution in [0.3, 0.4) is 0 Å². The van der Waals surface area contributed by atoms with E-state index in [1.165, 1.54) is 0 Å². The van der Waals surface area contributed by atoms with Crippen LogP contribution in [0.1, 0.15) is 11.1 Å². The van der Waals surface area contributed by atoms with E-state index in [4.69, 9.17) is 5.73 Å². The summed E-state index contributed by atoms with van der Waals surface area (Å²) in [6.45, 7) is -0.133. The number of halogens is 5. The second kappa shape index (κ2) is 4.36. The van der Waals surface area contributed by atoms with Gasteiger partial charge in [0.05, 0.1) is 5.56 Å². The van der Waals surface area contributed by atoms with Crippen molar-refractivity contribution < 1.29 is 13.2 Å². The second-order valence-corrected chi connectivity index (χ2v) is 4.72. The molecule has 1 aromatic rings. The van der Waals surface area contributed by atoms with E-state index in [9.17, 15) is 13.2 Å². The van der Waals surface area contributed by atoms with Crippen molar-refractivity contribution in [2.24, 2.45) is 5.73 Å². The van der Waals surface area contributed by atoms with Crippen molar-refractivity contribution in [2.45, 2.75) is 12.7 Å². The van der Waals surface area contributed by atoms with Gasteiger partial charge in [-0.3, -0.25) is 0 Å². The predicted octanol–water partition coefficient (Wildman–Crippen LogP) is 3.53. The third-order valence-corrected chi connectivity index (χ3v) is 3.00. The lowest BCUT2D eigenvalue weighted by Gasteiger charge is -2.13. The summed E-state index contributed by atoms with van der Waals surface area (Å²) < 4.78 is 38.5. The first-order valence-corrected chi connectivity index (χ1v) is 5.48. The first-order valence-electron chi connectivity index (χ1n) is 3.61. The molecule has 0 aliphatic rings. The minimum Gasteiger partial charge on any atom is -0.326 e. The molecule has 1 rings (SSSR count). The van der Waals surface area contributed by atoms with Gasteiger partial charge in [-0.2, -0.15) is 13.2 Å². The Morgan fingerprint density at radius 3 is 2.36 bits per heavy atom. The Balaban J connectivity index is 3.40. The molecule has 0 unspecified atom stereocenters. The molecule has 0 aromatic heterocycles. The van der Waals surface area contributed by atoms with E-state index in [-0.39, 0.29) is 12.1 Å². The van der Waals surface area contributed by atoms with Crippen LogP contribution in [0.25, 0.3) is 0 Å². The van der Waals surface area contributed by atoms with Gasteiger partial charge in [0, 0.05) is 14.6 Å². The van der Waals surface area contributed by atoms with Gasteiger partial charge < -0.3 is 5.73 Å². The van der Waals surface area contributed by atoms with Crippen LogP contribution in [0, 0.1) is 3.57 Å². The van der Waals surface area contributed by atoms with E-state index in [1.807, 2.05) is 22.6 Å². The summed E-state index contributed by atoms with van der Waals surface area (Å²) in [7, 11) is 0. The molecular weight excluding hydrogens is 374 g/mol. The molecule has 78 valence electrons. The molecule has 0 saturated heterocycles. The zero-order valence-electron chi connectivity index (χ0n) is 6.83. The number of nitrogens with two attached hydrogens (primary N) is 1. The Morgan fingerprint density at radius 1 is 1.36 bits per heavy atom. The molecule has 0 saturated carbocycles. The van der Waals surface area contributed by atoms with E-state index in [2.05, 4.69) is 15.9 Å². The van der Waals surface area contributed by atoms with Crippen LogP contribution in [-0.4, -0.2) is 0 Å². The topological polar surface area (TPSA) is 26.0 Å². The maximum atomic E-state index is 12.5. The quantitative estimate of drug-likeness (QED) is 0.742. The van der Waals surface area contributed by atoms with Crippen LogP contribution in [0.4, 0.5) is 13.2 Å². The fraction of sp³-hybridized carbons (Fsp3) is 0.250. The average Bonchev–Trinajstić information content (AvgIpc) is 2.01. The minimum atomic E-state index is -4.35. The Hall–Kier alpha value is 0.180. The summed E-state index contributed by atoms with van der Waals surface area (Å²) in [5.74, 6) is 0. The van der Waals surface area contributed by atoms with Crippen LogP contribution < -0.4 is 5.73 Å². The zero-order valence-corrected chi connectivity index (χ0v) is 10.6. The first-order chi connectivity index (χ1) is 6.36. The van der Waals surface area contributed by atoms with Crippen LogP contribution in [0.2, 0.25) is 0 Å². The van der Waals surface area contributed by atoms with Crippen molar-refractivity contribution >= 4 is 38.5 Å². The summed E-state index contributed by atoms with van der Waals surface area (Å²) in [6, 6.07) is 2.70. The van der Waals surface area contributed by atoms with Gasteiger partial charge in [0.1, 0.15) is 0 Å². The summed E-state index contributed by atoms with van der Waals surface area (Å²) in [4.78, 5) is 0. The predicted molar refractivity (Wildman–Crippen MR) is 59.8 cm³/mol. The number of benzene rings is 1. The molecule has 0 atom stereocenters. The normalized spacial score (nSPS) is 11.9. The highest BCUT2D eigenvalue weighted by Crippen LogP contribution is 2.36. The van der Waals surface area contributed by atoms with E-state index < -0.39 is 11.7 Å². The lowest BCUT2D eigenvalue weighted by atomic mass is 10.1. The fourth-order valence-corrected chi connectivity index (χ4v) is 2.74. The monoisotopic (exact) mass is 379 g/mol. The number of rotatable bonds is 1. The van der Waals surface area contributed by atoms with Crippen molar-refractivity contribution in [1.82, 2.24) is 0 Å². The maximum Gasteiger partial charge on any atom is 0.416 e. The molecule has 0 amide bonds. The molecule has 1 nitrogen and oxygen atoms in total. The molecule has 1 aromatic carbocycles. The van der Waals surface area contributed by atoms with Gasteiger partial charge in [-0.15, -0.1) is 0 Å². The van der Waals surface area contributed by atoms with Gasteiger partial charge in [-0.1, -0.05) is 15.9 Å². The van der Waals surface area contributed by atoms with Gasteiger partial charge in [-0.25, -0.2) is 0 Å². The molecule has 0 aliphatic carbocycles. The summed E-state index contributed by atoms with van der Waals surface area (Å²) in [5, 5.41) is 0. The Bertz CT molecular complexity index is 351. The van der Waals surface area contributed by atoms with Gasteiger partial charge in [0.15, 0.2) is 0 Å². The Labute approximate surface area is 101 Å². The summed E-state index contributed by atoms with van der Waals surface area (Å²) >= 11 is 4.90. The molecule has 0 spiro atoms. The third kappa shape index (κ3) is 2.60. The fourth-order valence-electron chi connectivity index (χ4n) is 1.06. The maximum absolute atomic E-state index is 12.5. The third-order valence-electron chi connectivity index (χ3n) is 1.67. The van der Waals surface area contributed by atoms with E-state index in [0.29, 0.717) is 8.04 Å². The van der Waals surface area contributed by atoms with E-state index >= 15 is 0 Å². The van der Waals surface area contributed by atoms with Crippen LogP contribution in [0.5, 0.6) is 0 Å². The summed E-state index contributed by atoms with van der Waals surface area (Å²) in [6.07, 6.45) is -4.35. The molecule has 2 N–H and O–H groups in total. The molecule has 0 radical (unpaired) electrons.